The SMILES string of the molecule is CCCC[C@@]12Sc3ccccc3C1=C1C(=C3c4ccccc4S[C@]32CCCC)C(F)(F)C(F)(F)C1(F)F. The Morgan fingerprint density at radius 3 is 1.32 bits per heavy atom. The molecule has 2 aromatic carbocycles. The van der Waals surface area contributed by atoms with Gasteiger partial charge >= 0.3 is 17.8 Å². The summed E-state index contributed by atoms with van der Waals surface area (Å²) in [4.78, 5) is 1.37. The molecule has 2 atom stereocenters. The van der Waals surface area contributed by atoms with Crippen molar-refractivity contribution in [1.29, 1.82) is 0 Å². The van der Waals surface area contributed by atoms with Crippen molar-refractivity contribution < 1.29 is 26.3 Å². The van der Waals surface area contributed by atoms with Gasteiger partial charge in [0.25, 0.3) is 0 Å². The summed E-state index contributed by atoms with van der Waals surface area (Å²) in [6.07, 6.45) is 3.69. The fourth-order valence-corrected chi connectivity index (χ4v) is 10.4. The molecule has 2 aliphatic carbocycles. The van der Waals surface area contributed by atoms with Crippen molar-refractivity contribution in [2.75, 3.05) is 0 Å². The smallest absolute Gasteiger partial charge is 0.194 e. The molecule has 0 unspecified atom stereocenters. The summed E-state index contributed by atoms with van der Waals surface area (Å²) in [5.74, 6) is -15.6. The van der Waals surface area contributed by atoms with Crippen molar-refractivity contribution in [2.45, 2.75) is 89.4 Å². The molecule has 0 bridgehead atoms. The number of fused-ring (bicyclic) bond motifs is 8. The first-order chi connectivity index (χ1) is 17.5. The molecule has 37 heavy (non-hydrogen) atoms. The monoisotopic (exact) mass is 552 g/mol. The average Bonchev–Trinajstić information content (AvgIpc) is 3.42. The standard InChI is InChI=1S/C29H26F6S2/c1-3-5-15-25-21(17-11-7-9-13-19(17)36-25)23-24(28(32,33)29(34,35)27(23,30)31)22-18-12-8-10-14-20(18)37-26(22,25)16-6-4-2/h7-14H,3-6,15-16H2,1-2H3/t25-,26-/m1/s1. The van der Waals surface area contributed by atoms with E-state index in [1.165, 1.54) is 23.5 Å². The second kappa shape index (κ2) is 8.10. The third-order valence-electron chi connectivity index (χ3n) is 8.27. The minimum Gasteiger partial charge on any atom is -0.194 e. The molecule has 0 amide bonds. The molecule has 8 heteroatoms. The highest BCUT2D eigenvalue weighted by Gasteiger charge is 2.85. The van der Waals surface area contributed by atoms with E-state index in [1.807, 2.05) is 13.8 Å². The molecule has 1 fully saturated rings. The maximum absolute atomic E-state index is 15.8. The van der Waals surface area contributed by atoms with E-state index < -0.39 is 38.4 Å². The molecule has 0 saturated heterocycles. The van der Waals surface area contributed by atoms with Crippen LogP contribution in [0.25, 0.3) is 11.1 Å². The van der Waals surface area contributed by atoms with Gasteiger partial charge in [-0.25, -0.2) is 0 Å². The van der Waals surface area contributed by atoms with Gasteiger partial charge in [-0.05, 0) is 47.2 Å². The Balaban J connectivity index is 1.83. The molecule has 6 rings (SSSR count). The van der Waals surface area contributed by atoms with Crippen molar-refractivity contribution in [3.8, 4) is 0 Å². The third kappa shape index (κ3) is 2.87. The number of benzene rings is 2. The maximum atomic E-state index is 15.8. The van der Waals surface area contributed by atoms with E-state index in [0.29, 0.717) is 46.6 Å². The van der Waals surface area contributed by atoms with E-state index in [-0.39, 0.29) is 11.1 Å². The first-order valence-electron chi connectivity index (χ1n) is 12.7. The summed E-state index contributed by atoms with van der Waals surface area (Å²) in [6, 6.07) is 13.7. The lowest BCUT2D eigenvalue weighted by Gasteiger charge is -2.51. The Kier molecular flexibility index (Phi) is 5.58. The number of allylic oxidation sites excluding steroid dienone is 2. The molecular formula is C29H26F6S2. The zero-order valence-electron chi connectivity index (χ0n) is 20.4. The number of hydrogen-bond acceptors (Lipinski definition) is 2. The molecule has 0 N–H and O–H groups in total. The number of thioether (sulfide) groups is 2. The van der Waals surface area contributed by atoms with Gasteiger partial charge in [0.15, 0.2) is 0 Å². The predicted octanol–water partition coefficient (Wildman–Crippen LogP) is 9.90. The minimum atomic E-state index is -5.54. The number of hydrogen-bond donors (Lipinski definition) is 0. The Bertz CT molecular complexity index is 1260. The van der Waals surface area contributed by atoms with E-state index in [4.69, 9.17) is 0 Å². The van der Waals surface area contributed by atoms with Crippen LogP contribution in [0.4, 0.5) is 26.3 Å². The third-order valence-corrected chi connectivity index (χ3v) is 11.8. The molecule has 0 spiro atoms. The Hall–Kier alpha value is -1.80. The fourth-order valence-electron chi connectivity index (χ4n) is 6.68. The van der Waals surface area contributed by atoms with Crippen molar-refractivity contribution in [1.82, 2.24) is 0 Å². The van der Waals surface area contributed by atoms with Crippen LogP contribution < -0.4 is 0 Å². The zero-order chi connectivity index (χ0) is 26.4. The van der Waals surface area contributed by atoms with E-state index in [2.05, 4.69) is 0 Å². The lowest BCUT2D eigenvalue weighted by Crippen LogP contribution is -2.51. The molecule has 4 aliphatic rings. The summed E-state index contributed by atoms with van der Waals surface area (Å²) in [5.41, 5.74) is -1.52. The van der Waals surface area contributed by atoms with Gasteiger partial charge in [-0.1, -0.05) is 75.9 Å². The van der Waals surface area contributed by atoms with Crippen LogP contribution in [0.5, 0.6) is 0 Å². The number of halogens is 6. The first kappa shape index (κ1) is 25.5. The summed E-state index contributed by atoms with van der Waals surface area (Å²) >= 11 is 2.84. The van der Waals surface area contributed by atoms with Gasteiger partial charge in [-0.3, -0.25) is 0 Å². The number of unbranched alkanes of at least 4 members (excludes halogenated alkanes) is 2. The highest BCUT2D eigenvalue weighted by molar-refractivity contribution is 8.06. The summed E-state index contributed by atoms with van der Waals surface area (Å²) in [5, 5.41) is 0. The summed E-state index contributed by atoms with van der Waals surface area (Å²) < 4.78 is 91.7. The van der Waals surface area contributed by atoms with Crippen LogP contribution in [0.1, 0.15) is 63.5 Å². The molecule has 0 aromatic heterocycles. The van der Waals surface area contributed by atoms with Crippen molar-refractivity contribution in [3.05, 3.63) is 70.8 Å². The number of rotatable bonds is 6. The van der Waals surface area contributed by atoms with Crippen LogP contribution in [0.3, 0.4) is 0 Å². The molecule has 2 heterocycles. The first-order valence-corrected chi connectivity index (χ1v) is 14.4. The maximum Gasteiger partial charge on any atom is 0.380 e. The largest absolute Gasteiger partial charge is 0.380 e. The van der Waals surface area contributed by atoms with Crippen LogP contribution in [-0.2, 0) is 0 Å². The van der Waals surface area contributed by atoms with Gasteiger partial charge in [0.2, 0.25) is 0 Å². The molecule has 2 aliphatic heterocycles. The van der Waals surface area contributed by atoms with Crippen LogP contribution in [-0.4, -0.2) is 27.3 Å². The normalized spacial score (nSPS) is 29.6. The Morgan fingerprint density at radius 1 is 0.568 bits per heavy atom. The quantitative estimate of drug-likeness (QED) is 0.327. The highest BCUT2D eigenvalue weighted by atomic mass is 32.2. The minimum absolute atomic E-state index is 0.00133. The second-order valence-corrected chi connectivity index (χ2v) is 13.0. The fraction of sp³-hybridized carbons (Fsp3) is 0.448. The van der Waals surface area contributed by atoms with Gasteiger partial charge in [-0.2, -0.15) is 26.3 Å². The van der Waals surface area contributed by atoms with Crippen LogP contribution in [0.2, 0.25) is 0 Å². The van der Waals surface area contributed by atoms with Crippen molar-refractivity contribution >= 4 is 34.7 Å². The van der Waals surface area contributed by atoms with Crippen molar-refractivity contribution in [3.63, 3.8) is 0 Å². The van der Waals surface area contributed by atoms with E-state index >= 15 is 26.3 Å². The molecule has 0 radical (unpaired) electrons. The van der Waals surface area contributed by atoms with Crippen LogP contribution in [0, 0.1) is 0 Å². The number of alkyl halides is 6. The lowest BCUT2D eigenvalue weighted by atomic mass is 9.64. The van der Waals surface area contributed by atoms with E-state index in [0.717, 1.165) is 12.8 Å². The second-order valence-electron chi connectivity index (χ2n) is 10.3. The Labute approximate surface area is 221 Å². The average molecular weight is 553 g/mol. The van der Waals surface area contributed by atoms with Gasteiger partial charge in [0, 0.05) is 20.9 Å². The zero-order valence-corrected chi connectivity index (χ0v) is 22.1. The predicted molar refractivity (Wildman–Crippen MR) is 138 cm³/mol. The van der Waals surface area contributed by atoms with Gasteiger partial charge in [-0.15, -0.1) is 23.5 Å². The van der Waals surface area contributed by atoms with Crippen LogP contribution in [0.15, 0.2) is 69.5 Å². The topological polar surface area (TPSA) is 0 Å². The van der Waals surface area contributed by atoms with E-state index in [1.54, 1.807) is 48.5 Å². The summed E-state index contributed by atoms with van der Waals surface area (Å²) in [6.45, 7) is 3.98. The van der Waals surface area contributed by atoms with Gasteiger partial charge in [0.1, 0.15) is 0 Å². The highest BCUT2D eigenvalue weighted by Crippen LogP contribution is 2.79. The molecular weight excluding hydrogens is 526 g/mol. The van der Waals surface area contributed by atoms with Gasteiger partial charge in [0.05, 0.1) is 9.49 Å². The summed E-state index contributed by atoms with van der Waals surface area (Å²) in [7, 11) is 0. The molecule has 1 saturated carbocycles. The van der Waals surface area contributed by atoms with E-state index in [9.17, 15) is 0 Å². The molecule has 0 nitrogen and oxygen atoms in total. The van der Waals surface area contributed by atoms with Crippen LogP contribution >= 0.6 is 23.5 Å². The Morgan fingerprint density at radius 2 is 0.946 bits per heavy atom. The van der Waals surface area contributed by atoms with Gasteiger partial charge < -0.3 is 0 Å². The molecule has 2 aromatic rings. The molecule has 196 valence electrons. The lowest BCUT2D eigenvalue weighted by molar-refractivity contribution is -0.257. The van der Waals surface area contributed by atoms with Crippen molar-refractivity contribution in [2.24, 2.45) is 0 Å².